The third kappa shape index (κ3) is 4.65. The van der Waals surface area contributed by atoms with Gasteiger partial charge in [-0.3, -0.25) is 15.1 Å². The fourth-order valence-electron chi connectivity index (χ4n) is 1.55. The second kappa shape index (κ2) is 5.34. The van der Waals surface area contributed by atoms with E-state index >= 15 is 0 Å². The molecule has 0 spiro atoms. The summed E-state index contributed by atoms with van der Waals surface area (Å²) in [5.74, 6) is -0.993. The van der Waals surface area contributed by atoms with E-state index in [-0.39, 0.29) is 0 Å². The molecule has 0 amide bonds. The van der Waals surface area contributed by atoms with Crippen LogP contribution in [0.4, 0.5) is 0 Å². The van der Waals surface area contributed by atoms with Crippen LogP contribution in [0.15, 0.2) is 30.3 Å². The Labute approximate surface area is 97.2 Å². The molecule has 0 saturated carbocycles. The Morgan fingerprint density at radius 1 is 1.38 bits per heavy atom. The molecule has 1 aromatic rings. The first-order valence-electron chi connectivity index (χ1n) is 4.97. The zero-order chi connectivity index (χ0) is 12.2. The van der Waals surface area contributed by atoms with Crippen molar-refractivity contribution in [2.24, 2.45) is 16.2 Å². The molecule has 5 N–H and O–H groups in total. The highest BCUT2D eigenvalue weighted by molar-refractivity contribution is 8.29. The van der Waals surface area contributed by atoms with Crippen LogP contribution in [-0.2, 0) is 11.2 Å². The van der Waals surface area contributed by atoms with Crippen LogP contribution in [0.3, 0.4) is 0 Å². The Morgan fingerprint density at radius 3 is 2.38 bits per heavy atom. The van der Waals surface area contributed by atoms with Gasteiger partial charge in [-0.1, -0.05) is 30.3 Å². The Balaban J connectivity index is 2.70. The number of carbonyl (C=O) groups is 1. The summed E-state index contributed by atoms with van der Waals surface area (Å²) in [5.41, 5.74) is 0.999. The maximum absolute atomic E-state index is 11.1. The maximum atomic E-state index is 11.1. The van der Waals surface area contributed by atoms with Crippen LogP contribution in [0.25, 0.3) is 0 Å². The quantitative estimate of drug-likeness (QED) is 0.721. The van der Waals surface area contributed by atoms with Crippen molar-refractivity contribution in [2.45, 2.75) is 6.42 Å². The topological polar surface area (TPSA) is 89.3 Å². The first kappa shape index (κ1) is 13.0. The molecule has 0 saturated heterocycles. The van der Waals surface area contributed by atoms with Gasteiger partial charge in [0.2, 0.25) is 0 Å². The van der Waals surface area contributed by atoms with E-state index in [0.717, 1.165) is 5.56 Å². The molecule has 0 aliphatic carbocycles. The van der Waals surface area contributed by atoms with Crippen molar-refractivity contribution < 1.29 is 9.90 Å². The Morgan fingerprint density at radius 2 is 1.94 bits per heavy atom. The molecule has 1 aromatic carbocycles. The van der Waals surface area contributed by atoms with Gasteiger partial charge in [0.15, 0.2) is 0 Å². The van der Waals surface area contributed by atoms with E-state index in [1.807, 2.05) is 30.3 Å². The average molecular weight is 242 g/mol. The minimum absolute atomic E-state index is 0.344. The molecule has 1 atom stereocenters. The predicted molar refractivity (Wildman–Crippen MR) is 68.0 cm³/mol. The van der Waals surface area contributed by atoms with Gasteiger partial charge in [0.05, 0.1) is 5.92 Å². The van der Waals surface area contributed by atoms with Crippen LogP contribution < -0.4 is 10.3 Å². The van der Waals surface area contributed by atoms with E-state index in [0.29, 0.717) is 12.2 Å². The predicted octanol–water partition coefficient (Wildman–Crippen LogP) is 1.11. The van der Waals surface area contributed by atoms with Crippen LogP contribution in [0.2, 0.25) is 0 Å². The minimum atomic E-state index is -1.77. The number of hydrogen-bond acceptors (Lipinski definition) is 3. The first-order chi connectivity index (χ1) is 7.38. The molecule has 0 unspecified atom stereocenters. The zero-order valence-electron chi connectivity index (χ0n) is 9.30. The van der Waals surface area contributed by atoms with Gasteiger partial charge in [-0.05, 0) is 18.2 Å². The summed E-state index contributed by atoms with van der Waals surface area (Å²) in [6.45, 7) is 0. The number of nitrogens with two attached hydrogens (primary N) is 2. The second-order valence-electron chi connectivity index (χ2n) is 4.12. The molecule has 0 heterocycles. The number of carboxylic acid groups (broad SMARTS) is 1. The van der Waals surface area contributed by atoms with Crippen molar-refractivity contribution >= 4 is 16.4 Å². The van der Waals surface area contributed by atoms with Crippen molar-refractivity contribution in [1.29, 1.82) is 0 Å². The highest BCUT2D eigenvalue weighted by atomic mass is 32.3. The van der Waals surface area contributed by atoms with Crippen molar-refractivity contribution in [2.75, 3.05) is 12.0 Å². The number of rotatable bonds is 5. The lowest BCUT2D eigenvalue weighted by Crippen LogP contribution is -2.31. The normalized spacial score (nSPS) is 14.4. The van der Waals surface area contributed by atoms with E-state index < -0.39 is 22.3 Å². The average Bonchev–Trinajstić information content (AvgIpc) is 2.16. The number of hydrogen-bond donors (Lipinski definition) is 3. The van der Waals surface area contributed by atoms with Crippen LogP contribution in [0.1, 0.15) is 5.56 Å². The molecule has 0 bridgehead atoms. The first-order valence-corrected chi connectivity index (χ1v) is 7.30. The molecule has 90 valence electrons. The molecule has 5 heteroatoms. The van der Waals surface area contributed by atoms with Crippen LogP contribution in [-0.4, -0.2) is 23.1 Å². The molecule has 0 aliphatic heterocycles. The largest absolute Gasteiger partial charge is 0.481 e. The van der Waals surface area contributed by atoms with Gasteiger partial charge in [0.25, 0.3) is 0 Å². The maximum Gasteiger partial charge on any atom is 0.307 e. The number of aliphatic carboxylic acids is 1. The standard InChI is InChI=1S/C11H18N2O2S/c1-16(12,13)8-10(11(14)15)7-9-5-3-2-4-6-9/h2-6,10H,7-8,12-13H2,1H3,(H,14,15)/t10-/m1/s1. The van der Waals surface area contributed by atoms with Crippen molar-refractivity contribution in [3.05, 3.63) is 35.9 Å². The summed E-state index contributed by atoms with van der Waals surface area (Å²) in [5, 5.41) is 20.6. The molecular weight excluding hydrogens is 224 g/mol. The fraction of sp³-hybridized carbons (Fsp3) is 0.364. The van der Waals surface area contributed by atoms with E-state index in [4.69, 9.17) is 15.4 Å². The molecule has 16 heavy (non-hydrogen) atoms. The van der Waals surface area contributed by atoms with Gasteiger partial charge in [-0.25, -0.2) is 0 Å². The summed E-state index contributed by atoms with van der Waals surface area (Å²) < 4.78 is 0. The van der Waals surface area contributed by atoms with Gasteiger partial charge in [0, 0.05) is 5.75 Å². The third-order valence-corrected chi connectivity index (χ3v) is 3.36. The Kier molecular flexibility index (Phi) is 4.35. The summed E-state index contributed by atoms with van der Waals surface area (Å²) in [4.78, 5) is 11.1. The van der Waals surface area contributed by atoms with Gasteiger partial charge >= 0.3 is 5.97 Å². The summed E-state index contributed by atoms with van der Waals surface area (Å²) in [6, 6.07) is 9.52. The van der Waals surface area contributed by atoms with E-state index in [2.05, 4.69) is 0 Å². The fourth-order valence-corrected chi connectivity index (χ4v) is 2.68. The lowest BCUT2D eigenvalue weighted by molar-refractivity contribution is -0.140. The zero-order valence-corrected chi connectivity index (χ0v) is 10.1. The molecule has 0 aromatic heterocycles. The van der Waals surface area contributed by atoms with Crippen molar-refractivity contribution in [1.82, 2.24) is 0 Å². The Hall–Kier alpha value is -1.04. The van der Waals surface area contributed by atoms with Crippen molar-refractivity contribution in [3.63, 3.8) is 0 Å². The summed E-state index contributed by atoms with van der Waals surface area (Å²) >= 11 is 0. The van der Waals surface area contributed by atoms with E-state index in [1.54, 1.807) is 6.26 Å². The summed E-state index contributed by atoms with van der Waals surface area (Å²) in [6.07, 6.45) is 2.20. The molecule has 0 aliphatic rings. The van der Waals surface area contributed by atoms with Crippen molar-refractivity contribution in [3.8, 4) is 0 Å². The lowest BCUT2D eigenvalue weighted by atomic mass is 10.0. The highest BCUT2D eigenvalue weighted by Gasteiger charge is 2.22. The molecule has 4 nitrogen and oxygen atoms in total. The van der Waals surface area contributed by atoms with Crippen LogP contribution >= 0.6 is 10.4 Å². The van der Waals surface area contributed by atoms with Gasteiger partial charge in [-0.15, -0.1) is 10.4 Å². The van der Waals surface area contributed by atoms with E-state index in [1.165, 1.54) is 0 Å². The van der Waals surface area contributed by atoms with Crippen LogP contribution in [0.5, 0.6) is 0 Å². The third-order valence-electron chi connectivity index (χ3n) is 2.23. The SMILES string of the molecule is CS(N)(N)C[C@@H](Cc1ccccc1)C(=O)O. The smallest absolute Gasteiger partial charge is 0.307 e. The molecule has 1 rings (SSSR count). The van der Waals surface area contributed by atoms with Gasteiger partial charge < -0.3 is 5.11 Å². The summed E-state index contributed by atoms with van der Waals surface area (Å²) in [7, 11) is -1.77. The highest BCUT2D eigenvalue weighted by Crippen LogP contribution is 2.29. The van der Waals surface area contributed by atoms with E-state index in [9.17, 15) is 4.79 Å². The minimum Gasteiger partial charge on any atom is -0.481 e. The molecular formula is C11H18N2O2S. The Bertz CT molecular complexity index is 349. The monoisotopic (exact) mass is 242 g/mol. The number of carboxylic acids is 1. The molecule has 0 radical (unpaired) electrons. The number of benzene rings is 1. The van der Waals surface area contributed by atoms with Crippen LogP contribution in [0, 0.1) is 5.92 Å². The second-order valence-corrected chi connectivity index (χ2v) is 6.91. The lowest BCUT2D eigenvalue weighted by Gasteiger charge is -2.28. The van der Waals surface area contributed by atoms with Gasteiger partial charge in [-0.2, -0.15) is 0 Å². The van der Waals surface area contributed by atoms with Gasteiger partial charge in [0.1, 0.15) is 0 Å². The molecule has 0 fully saturated rings.